The fourth-order valence-corrected chi connectivity index (χ4v) is 4.09. The Balaban J connectivity index is 1.25. The van der Waals surface area contributed by atoms with Crippen LogP contribution < -0.4 is 15.5 Å². The molecule has 0 atom stereocenters. The molecule has 6 rings (SSSR count). The number of aromatic nitrogens is 7. The van der Waals surface area contributed by atoms with Gasteiger partial charge in [0, 0.05) is 47.8 Å². The molecule has 4 aromatic heterocycles. The van der Waals surface area contributed by atoms with E-state index in [0.29, 0.717) is 23.0 Å². The third-order valence-electron chi connectivity index (χ3n) is 5.86. The van der Waals surface area contributed by atoms with Crippen molar-refractivity contribution in [2.75, 3.05) is 29.6 Å². The molecule has 2 aromatic carbocycles. The summed E-state index contributed by atoms with van der Waals surface area (Å²) in [6.07, 6.45) is 4.73. The molecule has 0 bridgehead atoms. The monoisotopic (exact) mass is 490 g/mol. The molecule has 0 fully saturated rings. The highest BCUT2D eigenvalue weighted by molar-refractivity contribution is 6.06. The number of hydrogen-bond donors (Lipinski definition) is 4. The first-order chi connectivity index (χ1) is 18.0. The molecular formula is C26H22N10O. The van der Waals surface area contributed by atoms with Gasteiger partial charge in [0.2, 0.25) is 0 Å². The summed E-state index contributed by atoms with van der Waals surface area (Å²) in [6, 6.07) is 17.1. The Hall–Kier alpha value is -5.32. The summed E-state index contributed by atoms with van der Waals surface area (Å²) >= 11 is 0. The van der Waals surface area contributed by atoms with Gasteiger partial charge in [0.1, 0.15) is 11.5 Å². The average Bonchev–Trinajstić information content (AvgIpc) is 3.53. The summed E-state index contributed by atoms with van der Waals surface area (Å²) in [7, 11) is 3.92. The van der Waals surface area contributed by atoms with Gasteiger partial charge in [-0.25, -0.2) is 9.97 Å². The molecule has 4 heterocycles. The lowest BCUT2D eigenvalue weighted by molar-refractivity contribution is 0.102. The second-order valence-electron chi connectivity index (χ2n) is 8.66. The second kappa shape index (κ2) is 9.04. The summed E-state index contributed by atoms with van der Waals surface area (Å²) < 4.78 is 0. The summed E-state index contributed by atoms with van der Waals surface area (Å²) in [4.78, 5) is 27.0. The molecule has 0 aliphatic carbocycles. The lowest BCUT2D eigenvalue weighted by Gasteiger charge is -2.10. The highest BCUT2D eigenvalue weighted by Gasteiger charge is 2.13. The van der Waals surface area contributed by atoms with Crippen molar-refractivity contribution in [3.8, 4) is 11.4 Å². The zero-order valence-electron chi connectivity index (χ0n) is 20.0. The molecule has 0 saturated carbocycles. The van der Waals surface area contributed by atoms with E-state index in [9.17, 15) is 4.79 Å². The standard InChI is InChI=1S/C26H22N10O/c1-36(2)25-19-13-17(5-6-20(19)34-35-25)30-23-8-9-27-24(33-23)16-4-3-15-11-22(32-21(15)12-16)26(37)31-18-7-10-28-29-14-18/h3-14,32H,1-2H3,(H,34,35)(H,27,30,33)(H,28,31,37). The quantitative estimate of drug-likeness (QED) is 0.270. The van der Waals surface area contributed by atoms with Crippen LogP contribution in [0.4, 0.5) is 23.0 Å². The summed E-state index contributed by atoms with van der Waals surface area (Å²) in [5.41, 5.74) is 4.49. The maximum atomic E-state index is 12.6. The van der Waals surface area contributed by atoms with Crippen molar-refractivity contribution < 1.29 is 4.79 Å². The van der Waals surface area contributed by atoms with Gasteiger partial charge in [0.25, 0.3) is 5.91 Å². The Labute approximate surface area is 211 Å². The van der Waals surface area contributed by atoms with Gasteiger partial charge in [-0.2, -0.15) is 15.3 Å². The normalized spacial score (nSPS) is 11.1. The molecule has 0 saturated heterocycles. The smallest absolute Gasteiger partial charge is 0.272 e. The average molecular weight is 491 g/mol. The van der Waals surface area contributed by atoms with Crippen molar-refractivity contribution in [2.24, 2.45) is 0 Å². The predicted molar refractivity (Wildman–Crippen MR) is 143 cm³/mol. The lowest BCUT2D eigenvalue weighted by Crippen LogP contribution is -2.12. The van der Waals surface area contributed by atoms with Gasteiger partial charge in [-0.1, -0.05) is 12.1 Å². The number of amides is 1. The number of anilines is 4. The molecule has 6 aromatic rings. The minimum absolute atomic E-state index is 0.264. The van der Waals surface area contributed by atoms with Crippen molar-refractivity contribution >= 4 is 50.7 Å². The van der Waals surface area contributed by atoms with Crippen LogP contribution in [0.5, 0.6) is 0 Å². The van der Waals surface area contributed by atoms with Crippen LogP contribution in [0.1, 0.15) is 10.5 Å². The van der Waals surface area contributed by atoms with E-state index in [4.69, 9.17) is 4.98 Å². The summed E-state index contributed by atoms with van der Waals surface area (Å²) in [6.45, 7) is 0. The maximum absolute atomic E-state index is 12.6. The highest BCUT2D eigenvalue weighted by atomic mass is 16.1. The molecule has 0 radical (unpaired) electrons. The number of fused-ring (bicyclic) bond motifs is 2. The van der Waals surface area contributed by atoms with Gasteiger partial charge < -0.3 is 20.5 Å². The number of carbonyl (C=O) groups is 1. The van der Waals surface area contributed by atoms with E-state index in [0.717, 1.165) is 38.9 Å². The van der Waals surface area contributed by atoms with E-state index in [1.807, 2.05) is 61.5 Å². The summed E-state index contributed by atoms with van der Waals surface area (Å²) in [5.74, 6) is 1.83. The number of nitrogens with one attached hydrogen (secondary N) is 4. The van der Waals surface area contributed by atoms with E-state index < -0.39 is 0 Å². The molecule has 11 nitrogen and oxygen atoms in total. The van der Waals surface area contributed by atoms with Gasteiger partial charge in [-0.3, -0.25) is 9.89 Å². The first-order valence-corrected chi connectivity index (χ1v) is 11.5. The zero-order valence-corrected chi connectivity index (χ0v) is 20.0. The van der Waals surface area contributed by atoms with Crippen LogP contribution in [-0.2, 0) is 0 Å². The minimum Gasteiger partial charge on any atom is -0.361 e. The number of carbonyl (C=O) groups excluding carboxylic acids is 1. The van der Waals surface area contributed by atoms with Gasteiger partial charge in [0.15, 0.2) is 11.6 Å². The second-order valence-corrected chi connectivity index (χ2v) is 8.66. The van der Waals surface area contributed by atoms with Crippen LogP contribution in [0.2, 0.25) is 0 Å². The number of aromatic amines is 2. The van der Waals surface area contributed by atoms with Crippen LogP contribution in [0, 0.1) is 0 Å². The van der Waals surface area contributed by atoms with Crippen LogP contribution in [0.3, 0.4) is 0 Å². The fourth-order valence-electron chi connectivity index (χ4n) is 4.09. The third kappa shape index (κ3) is 4.41. The molecule has 11 heteroatoms. The molecule has 1 amide bonds. The van der Waals surface area contributed by atoms with Crippen LogP contribution >= 0.6 is 0 Å². The number of benzene rings is 2. The van der Waals surface area contributed by atoms with Crippen LogP contribution in [0.15, 0.2) is 73.2 Å². The molecule has 0 aliphatic heterocycles. The minimum atomic E-state index is -0.264. The van der Waals surface area contributed by atoms with Crippen molar-refractivity contribution in [2.45, 2.75) is 0 Å². The Morgan fingerprint density at radius 2 is 1.84 bits per heavy atom. The van der Waals surface area contributed by atoms with Crippen LogP contribution in [-0.4, -0.2) is 55.3 Å². The van der Waals surface area contributed by atoms with E-state index in [1.165, 1.54) is 12.4 Å². The number of H-pyrrole nitrogens is 2. The van der Waals surface area contributed by atoms with Gasteiger partial charge in [-0.15, -0.1) is 0 Å². The Bertz CT molecular complexity index is 1740. The Kier molecular flexibility index (Phi) is 5.41. The molecule has 0 spiro atoms. The predicted octanol–water partition coefficient (Wildman–Crippen LogP) is 4.35. The van der Waals surface area contributed by atoms with E-state index >= 15 is 0 Å². The first kappa shape index (κ1) is 22.2. The molecule has 0 aliphatic rings. The SMILES string of the molecule is CN(C)c1n[nH]c2ccc(Nc3ccnc(-c4ccc5cc(C(=O)Nc6ccnnc6)[nH]c5c4)n3)cc12. The van der Waals surface area contributed by atoms with Crippen molar-refractivity contribution in [3.63, 3.8) is 0 Å². The van der Waals surface area contributed by atoms with Crippen molar-refractivity contribution in [3.05, 3.63) is 78.9 Å². The van der Waals surface area contributed by atoms with Crippen molar-refractivity contribution in [1.29, 1.82) is 0 Å². The summed E-state index contributed by atoms with van der Waals surface area (Å²) in [5, 5.41) is 23.0. The van der Waals surface area contributed by atoms with Crippen molar-refractivity contribution in [1.82, 2.24) is 35.3 Å². The Morgan fingerprint density at radius 3 is 2.68 bits per heavy atom. The van der Waals surface area contributed by atoms with E-state index in [1.54, 1.807) is 18.3 Å². The van der Waals surface area contributed by atoms with E-state index in [2.05, 4.69) is 41.0 Å². The number of nitrogens with zero attached hydrogens (tertiary/aromatic N) is 6. The molecular weight excluding hydrogens is 468 g/mol. The largest absolute Gasteiger partial charge is 0.361 e. The van der Waals surface area contributed by atoms with Crippen LogP contribution in [0.25, 0.3) is 33.2 Å². The maximum Gasteiger partial charge on any atom is 0.272 e. The molecule has 37 heavy (non-hydrogen) atoms. The molecule has 182 valence electrons. The van der Waals surface area contributed by atoms with Gasteiger partial charge >= 0.3 is 0 Å². The number of hydrogen-bond acceptors (Lipinski definition) is 8. The van der Waals surface area contributed by atoms with E-state index in [-0.39, 0.29) is 5.91 Å². The highest BCUT2D eigenvalue weighted by Crippen LogP contribution is 2.28. The molecule has 0 unspecified atom stereocenters. The first-order valence-electron chi connectivity index (χ1n) is 11.5. The Morgan fingerprint density at radius 1 is 0.919 bits per heavy atom. The van der Waals surface area contributed by atoms with Gasteiger partial charge in [-0.05, 0) is 42.5 Å². The molecule has 4 N–H and O–H groups in total. The fraction of sp³-hybridized carbons (Fsp3) is 0.0769. The topological polar surface area (TPSA) is 140 Å². The third-order valence-corrected chi connectivity index (χ3v) is 5.86. The zero-order chi connectivity index (χ0) is 25.4. The lowest BCUT2D eigenvalue weighted by atomic mass is 10.1. The van der Waals surface area contributed by atoms with Gasteiger partial charge in [0.05, 0.1) is 23.6 Å². The number of rotatable bonds is 6.